The predicted molar refractivity (Wildman–Crippen MR) is 107 cm³/mol. The van der Waals surface area contributed by atoms with Crippen molar-refractivity contribution in [2.75, 3.05) is 5.32 Å². The molecule has 1 heterocycles. The molecule has 0 aliphatic rings. The number of carboxylic acid groups (broad SMARTS) is 1. The van der Waals surface area contributed by atoms with Gasteiger partial charge < -0.3 is 15.4 Å². The van der Waals surface area contributed by atoms with Crippen LogP contribution in [0.5, 0.6) is 0 Å². The molecule has 0 bridgehead atoms. The number of aliphatic carboxylic acids is 1. The Morgan fingerprint density at radius 3 is 2.48 bits per heavy atom. The van der Waals surface area contributed by atoms with Crippen molar-refractivity contribution in [3.05, 3.63) is 65.9 Å². The summed E-state index contributed by atoms with van der Waals surface area (Å²) in [7, 11) is 0. The van der Waals surface area contributed by atoms with Crippen molar-refractivity contribution < 1.29 is 14.7 Å². The van der Waals surface area contributed by atoms with Crippen LogP contribution in [0.2, 0.25) is 0 Å². The second kappa shape index (κ2) is 7.66. The van der Waals surface area contributed by atoms with E-state index >= 15 is 0 Å². The van der Waals surface area contributed by atoms with Crippen LogP contribution in [0.25, 0.3) is 10.9 Å². The number of H-pyrrole nitrogens is 1. The van der Waals surface area contributed by atoms with Gasteiger partial charge in [0.05, 0.1) is 5.41 Å². The fourth-order valence-electron chi connectivity index (χ4n) is 3.10. The van der Waals surface area contributed by atoms with E-state index in [1.54, 1.807) is 38.1 Å². The topological polar surface area (TPSA) is 82.2 Å². The molecule has 0 aliphatic heterocycles. The van der Waals surface area contributed by atoms with E-state index < -0.39 is 11.4 Å². The monoisotopic (exact) mass is 364 g/mol. The van der Waals surface area contributed by atoms with Crippen molar-refractivity contribution in [3.63, 3.8) is 0 Å². The molecule has 0 unspecified atom stereocenters. The van der Waals surface area contributed by atoms with Crippen LogP contribution >= 0.6 is 0 Å². The van der Waals surface area contributed by atoms with Crippen LogP contribution < -0.4 is 5.32 Å². The molecule has 27 heavy (non-hydrogen) atoms. The Bertz CT molecular complexity index is 955. The summed E-state index contributed by atoms with van der Waals surface area (Å²) in [4.78, 5) is 26.7. The van der Waals surface area contributed by atoms with Gasteiger partial charge in [-0.2, -0.15) is 0 Å². The van der Waals surface area contributed by atoms with Crippen molar-refractivity contribution in [2.24, 2.45) is 0 Å². The van der Waals surface area contributed by atoms with Gasteiger partial charge in [-0.05, 0) is 56.0 Å². The highest BCUT2D eigenvalue weighted by atomic mass is 16.4. The summed E-state index contributed by atoms with van der Waals surface area (Å²) in [6.45, 7) is 3.32. The van der Waals surface area contributed by atoms with Crippen LogP contribution in [0.1, 0.15) is 37.8 Å². The van der Waals surface area contributed by atoms with Gasteiger partial charge in [0.1, 0.15) is 0 Å². The van der Waals surface area contributed by atoms with E-state index in [-0.39, 0.29) is 5.91 Å². The number of aromatic amines is 1. The number of nitrogens with one attached hydrogen (secondary N) is 2. The first-order valence-corrected chi connectivity index (χ1v) is 9.07. The molecule has 5 heteroatoms. The fourth-order valence-corrected chi connectivity index (χ4v) is 3.10. The van der Waals surface area contributed by atoms with Crippen LogP contribution in [0, 0.1) is 0 Å². The van der Waals surface area contributed by atoms with E-state index in [9.17, 15) is 14.7 Å². The number of benzene rings is 2. The van der Waals surface area contributed by atoms with E-state index in [1.165, 1.54) is 10.9 Å². The summed E-state index contributed by atoms with van der Waals surface area (Å²) in [6, 6.07) is 15.1. The Hall–Kier alpha value is -3.08. The predicted octanol–water partition coefficient (Wildman–Crippen LogP) is 4.49. The van der Waals surface area contributed by atoms with Crippen LogP contribution in [-0.2, 0) is 21.4 Å². The summed E-state index contributed by atoms with van der Waals surface area (Å²) in [5, 5.41) is 13.4. The number of rotatable bonds is 7. The Labute approximate surface area is 158 Å². The maximum Gasteiger partial charge on any atom is 0.313 e. The van der Waals surface area contributed by atoms with Gasteiger partial charge in [-0.25, -0.2) is 0 Å². The highest BCUT2D eigenvalue weighted by Crippen LogP contribution is 2.25. The number of carbonyl (C=O) groups excluding carboxylic acids is 1. The zero-order valence-corrected chi connectivity index (χ0v) is 15.6. The van der Waals surface area contributed by atoms with Crippen LogP contribution in [0.3, 0.4) is 0 Å². The number of hydrogen-bond acceptors (Lipinski definition) is 2. The minimum absolute atomic E-state index is 0.0416. The molecule has 1 aromatic heterocycles. The first kappa shape index (κ1) is 18.7. The van der Waals surface area contributed by atoms with E-state index in [4.69, 9.17) is 0 Å². The summed E-state index contributed by atoms with van der Waals surface area (Å²) < 4.78 is 0. The van der Waals surface area contributed by atoms with Gasteiger partial charge in [-0.3, -0.25) is 9.59 Å². The number of para-hydroxylation sites is 1. The smallest absolute Gasteiger partial charge is 0.313 e. The molecule has 3 aromatic rings. The van der Waals surface area contributed by atoms with E-state index in [0.717, 1.165) is 18.4 Å². The average Bonchev–Trinajstić information content (AvgIpc) is 3.05. The lowest BCUT2D eigenvalue weighted by atomic mass is 9.85. The van der Waals surface area contributed by atoms with Crippen LogP contribution in [0.15, 0.2) is 54.7 Å². The second-order valence-electron chi connectivity index (χ2n) is 7.27. The van der Waals surface area contributed by atoms with Crippen LogP contribution in [-0.4, -0.2) is 22.0 Å². The average molecular weight is 364 g/mol. The molecule has 0 radical (unpaired) electrons. The molecule has 5 nitrogen and oxygen atoms in total. The Morgan fingerprint density at radius 2 is 1.78 bits per heavy atom. The zero-order valence-electron chi connectivity index (χ0n) is 15.6. The van der Waals surface area contributed by atoms with Gasteiger partial charge >= 0.3 is 5.97 Å². The van der Waals surface area contributed by atoms with Crippen molar-refractivity contribution in [2.45, 2.75) is 38.5 Å². The molecule has 0 aliphatic carbocycles. The van der Waals surface area contributed by atoms with Crippen LogP contribution in [0.4, 0.5) is 5.69 Å². The third kappa shape index (κ3) is 4.19. The lowest BCUT2D eigenvalue weighted by molar-refractivity contribution is -0.142. The standard InChI is InChI=1S/C22H24N2O3/c1-22(2,21(26)27)16-10-12-17(13-11-16)24-20(25)9-5-6-15-14-23-19-8-4-3-7-18(15)19/h3-4,7-8,10-14,23H,5-6,9H2,1-2H3,(H,24,25)(H,26,27). The van der Waals surface area contributed by atoms with Crippen molar-refractivity contribution in [3.8, 4) is 0 Å². The molecule has 0 saturated carbocycles. The molecule has 140 valence electrons. The number of aryl methyl sites for hydroxylation is 1. The molecule has 0 atom stereocenters. The maximum absolute atomic E-state index is 12.2. The molecular weight excluding hydrogens is 340 g/mol. The molecule has 3 N–H and O–H groups in total. The largest absolute Gasteiger partial charge is 0.481 e. The molecule has 0 spiro atoms. The Kier molecular flexibility index (Phi) is 5.31. The maximum atomic E-state index is 12.2. The van der Waals surface area contributed by atoms with E-state index in [1.807, 2.05) is 24.4 Å². The zero-order chi connectivity index (χ0) is 19.4. The van der Waals surface area contributed by atoms with Gasteiger partial charge in [-0.15, -0.1) is 0 Å². The highest BCUT2D eigenvalue weighted by molar-refractivity contribution is 5.91. The van der Waals surface area contributed by atoms with Gasteiger partial charge in [-0.1, -0.05) is 30.3 Å². The number of anilines is 1. The number of carboxylic acids is 1. The molecule has 0 saturated heterocycles. The quantitative estimate of drug-likeness (QED) is 0.577. The van der Waals surface area contributed by atoms with Crippen molar-refractivity contribution in [1.82, 2.24) is 4.98 Å². The lowest BCUT2D eigenvalue weighted by Crippen LogP contribution is -2.28. The Balaban J connectivity index is 1.53. The lowest BCUT2D eigenvalue weighted by Gasteiger charge is -2.19. The van der Waals surface area contributed by atoms with Gasteiger partial charge in [0, 0.05) is 29.2 Å². The third-order valence-electron chi connectivity index (χ3n) is 4.95. The molecular formula is C22H24N2O3. The minimum Gasteiger partial charge on any atom is -0.481 e. The first-order valence-electron chi connectivity index (χ1n) is 9.07. The summed E-state index contributed by atoms with van der Waals surface area (Å²) in [6.07, 6.45) is 4.04. The first-order chi connectivity index (χ1) is 12.9. The normalized spacial score (nSPS) is 11.5. The molecule has 2 aromatic carbocycles. The summed E-state index contributed by atoms with van der Waals surface area (Å²) in [5.74, 6) is -0.920. The van der Waals surface area contributed by atoms with Crippen molar-refractivity contribution >= 4 is 28.5 Å². The summed E-state index contributed by atoms with van der Waals surface area (Å²) >= 11 is 0. The van der Waals surface area contributed by atoms with Gasteiger partial charge in [0.2, 0.25) is 5.91 Å². The van der Waals surface area contributed by atoms with E-state index in [2.05, 4.69) is 16.4 Å². The van der Waals surface area contributed by atoms with Crippen molar-refractivity contribution in [1.29, 1.82) is 0 Å². The minimum atomic E-state index is -0.956. The van der Waals surface area contributed by atoms with E-state index in [0.29, 0.717) is 17.7 Å². The van der Waals surface area contributed by atoms with Gasteiger partial charge in [0.15, 0.2) is 0 Å². The van der Waals surface area contributed by atoms with Gasteiger partial charge in [0.25, 0.3) is 0 Å². The Morgan fingerprint density at radius 1 is 1.07 bits per heavy atom. The highest BCUT2D eigenvalue weighted by Gasteiger charge is 2.29. The SMILES string of the molecule is CC(C)(C(=O)O)c1ccc(NC(=O)CCCc2c[nH]c3ccccc23)cc1. The third-order valence-corrected chi connectivity index (χ3v) is 4.95. The molecule has 0 fully saturated rings. The number of fused-ring (bicyclic) bond motifs is 1. The molecule has 3 rings (SSSR count). The molecule has 1 amide bonds. The summed E-state index contributed by atoms with van der Waals surface area (Å²) in [5.41, 5.74) is 2.76. The number of amides is 1. The second-order valence-corrected chi connectivity index (χ2v) is 7.27. The number of hydrogen-bond donors (Lipinski definition) is 3. The fraction of sp³-hybridized carbons (Fsp3) is 0.273. The number of carbonyl (C=O) groups is 2. The number of aromatic nitrogens is 1.